The molecule has 524 valence electrons. The quantitative estimate of drug-likeness (QED) is 0.0678. The molecule has 5 aliphatic rings. The van der Waals surface area contributed by atoms with Gasteiger partial charge < -0.3 is 44.6 Å². The third-order valence-electron chi connectivity index (χ3n) is 19.3. The van der Waals surface area contributed by atoms with Crippen molar-refractivity contribution in [2.75, 3.05) is 69.6 Å². The number of hydrogen-bond donors (Lipinski definition) is 3. The molecule has 0 saturated carbocycles. The van der Waals surface area contributed by atoms with E-state index >= 15 is 0 Å². The molecule has 0 aliphatic carbocycles. The van der Waals surface area contributed by atoms with Crippen molar-refractivity contribution in [3.63, 3.8) is 0 Å². The average Bonchev–Trinajstić information content (AvgIpc) is 1.67. The molecule has 103 heavy (non-hydrogen) atoms. The summed E-state index contributed by atoms with van der Waals surface area (Å²) in [5.74, 6) is 4.02. The van der Waals surface area contributed by atoms with Crippen LogP contribution in [0.15, 0.2) is 122 Å². The number of aromatic nitrogens is 12. The number of nitriles is 1. The summed E-state index contributed by atoms with van der Waals surface area (Å²) in [6.07, 6.45) is 18.0. The van der Waals surface area contributed by atoms with Crippen LogP contribution < -0.4 is 30.2 Å². The molecule has 0 spiro atoms. The summed E-state index contributed by atoms with van der Waals surface area (Å²) < 4.78 is 73.5. The van der Waals surface area contributed by atoms with Crippen LogP contribution in [-0.2, 0) is 63.3 Å². The average molecular weight is 1390 g/mol. The van der Waals surface area contributed by atoms with Gasteiger partial charge in [0.2, 0.25) is 23.5 Å². The van der Waals surface area contributed by atoms with Crippen LogP contribution in [0, 0.1) is 55.1 Å². The highest BCUT2D eigenvalue weighted by molar-refractivity contribution is 5.81. The summed E-state index contributed by atoms with van der Waals surface area (Å²) in [4.78, 5) is 40.4. The minimum Gasteiger partial charge on any atom is -0.493 e. The van der Waals surface area contributed by atoms with Crippen molar-refractivity contribution in [2.45, 2.75) is 105 Å². The fourth-order valence-corrected chi connectivity index (χ4v) is 14.3. The molecule has 5 aliphatic heterocycles. The van der Waals surface area contributed by atoms with Gasteiger partial charge in [-0.2, -0.15) is 10.4 Å². The van der Waals surface area contributed by atoms with E-state index < -0.39 is 0 Å². The predicted molar refractivity (Wildman–Crippen MR) is 384 cm³/mol. The van der Waals surface area contributed by atoms with Crippen LogP contribution in [0.4, 0.5) is 36.8 Å². The van der Waals surface area contributed by atoms with E-state index in [1.165, 1.54) is 30.2 Å². The number of fused-ring (bicyclic) bond motifs is 6. The number of imidazole rings is 3. The highest BCUT2D eigenvalue weighted by Crippen LogP contribution is 2.37. The lowest BCUT2D eigenvalue weighted by molar-refractivity contribution is 0.0940. The number of hydrogen-bond acceptors (Lipinski definition) is 18. The van der Waals surface area contributed by atoms with E-state index in [0.717, 1.165) is 130 Å². The van der Waals surface area contributed by atoms with Crippen molar-refractivity contribution in [1.82, 2.24) is 67.7 Å². The Bertz CT molecular complexity index is 5260. The number of nitrogens with zero attached hydrogens (tertiary/aromatic N) is 16. The number of halogens is 3. The Hall–Kier alpha value is -11.5. The molecule has 12 aromatic rings. The van der Waals surface area contributed by atoms with E-state index in [4.69, 9.17) is 35.5 Å². The first-order valence-electron chi connectivity index (χ1n) is 34.7. The van der Waals surface area contributed by atoms with Crippen molar-refractivity contribution in [1.29, 1.82) is 5.26 Å². The van der Waals surface area contributed by atoms with Gasteiger partial charge in [0.15, 0.2) is 11.3 Å². The summed E-state index contributed by atoms with van der Waals surface area (Å²) in [6, 6.07) is 26.0. The first kappa shape index (κ1) is 67.4. The lowest BCUT2D eigenvalue weighted by Crippen LogP contribution is -2.19. The van der Waals surface area contributed by atoms with Gasteiger partial charge in [-0.05, 0) is 119 Å². The van der Waals surface area contributed by atoms with Crippen molar-refractivity contribution in [3.05, 3.63) is 213 Å². The monoisotopic (exact) mass is 1390 g/mol. The van der Waals surface area contributed by atoms with Crippen LogP contribution in [0.2, 0.25) is 0 Å². The molecule has 2 unspecified atom stereocenters. The summed E-state index contributed by atoms with van der Waals surface area (Å²) >= 11 is 0. The fraction of sp³-hybridized carbons (Fsp3) is 0.325. The molecule has 0 amide bonds. The van der Waals surface area contributed by atoms with Crippen LogP contribution in [0.3, 0.4) is 0 Å². The standard InChI is InChI=1S/C28H27FN6O.C25H27FN6O.C24H22FN7O2/c1-18-8-10-34(15-18)16-19-2-4-20(5-3-19)23-13-31-28(35-17-21(12-30)33-27(23)35)32-14-24-22-9-11-36-26(22)7-6-25(24)29;1-15-13-32-24(29-15)21(18-6-5-17(14-31(3)4)30-16(18)2)12-28-25(32)27-11-20-19-9-10-33-23(19)8-7-22(20)26;1-26-22-14-32-23(29-22)18(20-6-8-31(30-20)13-15-3-2-9-33-15)12-28-24(32)27-11-17-16-7-10-34-21(16)5-4-19(17)25/h2-7,13,17-18H,8-11,14-16H2,1H3,(H,31,32);5-8,12-13H,9-11,14H2,1-4H3,(H,27,28);4-6,8,12,14-15H,2-3,7,9-11,13H2,(H,27,28). The van der Waals surface area contributed by atoms with E-state index in [1.807, 2.05) is 67.7 Å². The summed E-state index contributed by atoms with van der Waals surface area (Å²) in [7, 11) is 4.06. The zero-order valence-corrected chi connectivity index (χ0v) is 57.9. The number of pyridine rings is 1. The molecule has 23 nitrogen and oxygen atoms in total. The zero-order valence-electron chi connectivity index (χ0n) is 57.9. The summed E-state index contributed by atoms with van der Waals surface area (Å²) in [5.41, 5.74) is 16.0. The van der Waals surface area contributed by atoms with E-state index in [-0.39, 0.29) is 42.5 Å². The maximum Gasteiger partial charge on any atom is 0.288 e. The number of ether oxygens (including phenoxy) is 4. The normalized spacial score (nSPS) is 15.8. The molecule has 2 fully saturated rings. The molecular formula is C77H76F3N19O4. The Morgan fingerprint density at radius 2 is 1.20 bits per heavy atom. The van der Waals surface area contributed by atoms with Gasteiger partial charge in [0, 0.05) is 158 Å². The fourth-order valence-electron chi connectivity index (χ4n) is 14.3. The number of nitrogens with one attached hydrogen (secondary N) is 3. The largest absolute Gasteiger partial charge is 0.493 e. The Morgan fingerprint density at radius 1 is 0.631 bits per heavy atom. The molecule has 0 bridgehead atoms. The first-order valence-corrected chi connectivity index (χ1v) is 34.7. The van der Waals surface area contributed by atoms with E-state index in [2.05, 4.69) is 104 Å². The topological polar surface area (TPSA) is 229 Å². The third-order valence-corrected chi connectivity index (χ3v) is 19.3. The van der Waals surface area contributed by atoms with Crippen LogP contribution in [0.25, 0.3) is 55.3 Å². The highest BCUT2D eigenvalue weighted by atomic mass is 19.1. The Kier molecular flexibility index (Phi) is 19.1. The van der Waals surface area contributed by atoms with Gasteiger partial charge in [0.25, 0.3) is 5.82 Å². The lowest BCUT2D eigenvalue weighted by Gasteiger charge is -2.16. The summed E-state index contributed by atoms with van der Waals surface area (Å²) in [5, 5.41) is 23.9. The van der Waals surface area contributed by atoms with E-state index in [1.54, 1.807) is 51.8 Å². The van der Waals surface area contributed by atoms with Crippen LogP contribution >= 0.6 is 0 Å². The van der Waals surface area contributed by atoms with Gasteiger partial charge in [-0.25, -0.2) is 38.1 Å². The van der Waals surface area contributed by atoms with Gasteiger partial charge in [-0.1, -0.05) is 48.8 Å². The van der Waals surface area contributed by atoms with Crippen molar-refractivity contribution in [3.8, 4) is 56.8 Å². The third kappa shape index (κ3) is 14.2. The van der Waals surface area contributed by atoms with Gasteiger partial charge in [0.1, 0.15) is 46.4 Å². The van der Waals surface area contributed by atoms with Crippen LogP contribution in [0.1, 0.15) is 87.9 Å². The van der Waals surface area contributed by atoms with Gasteiger partial charge >= 0.3 is 0 Å². The van der Waals surface area contributed by atoms with E-state index in [9.17, 15) is 18.4 Å². The van der Waals surface area contributed by atoms with Crippen LogP contribution in [0.5, 0.6) is 17.2 Å². The molecule has 8 aromatic heterocycles. The molecule has 17 rings (SSSR count). The maximum atomic E-state index is 14.6. The lowest BCUT2D eigenvalue weighted by atomic mass is 10.0. The minimum absolute atomic E-state index is 0.183. The number of benzene rings is 4. The second-order valence-corrected chi connectivity index (χ2v) is 26.8. The van der Waals surface area contributed by atoms with Crippen molar-refractivity contribution >= 4 is 40.6 Å². The van der Waals surface area contributed by atoms with Gasteiger partial charge in [-0.3, -0.25) is 27.8 Å². The Labute approximate surface area is 592 Å². The Balaban J connectivity index is 0.000000125. The molecule has 2 saturated heterocycles. The minimum atomic E-state index is -0.283. The van der Waals surface area contributed by atoms with Crippen molar-refractivity contribution in [2.24, 2.45) is 5.92 Å². The molecule has 13 heterocycles. The molecular weight excluding hydrogens is 1310 g/mol. The zero-order chi connectivity index (χ0) is 70.8. The maximum absolute atomic E-state index is 14.6. The van der Waals surface area contributed by atoms with Crippen LogP contribution in [-0.4, -0.2) is 127 Å². The van der Waals surface area contributed by atoms with Gasteiger partial charge in [-0.15, -0.1) is 0 Å². The SMILES string of the molecule is CC1CCN(Cc2ccc(-c3cnc(NCc4c(F)ccc5c4CCO5)n4cc(C#N)nc34)cc2)C1.Cc1cn2c(NCc3c(F)ccc4c3CCO4)ncc(-c3ccc(CN(C)C)nc3C)c2n1.[C-]#[N+]c1cn2c(NCc3c(F)ccc4c3CCO4)ncc(-c3ccn(CC4CCCO4)n3)c2n1. The Morgan fingerprint density at radius 3 is 1.76 bits per heavy atom. The van der Waals surface area contributed by atoms with Crippen molar-refractivity contribution < 1.29 is 32.1 Å². The number of aryl methyl sites for hydroxylation is 2. The molecule has 3 N–H and O–H groups in total. The smallest absolute Gasteiger partial charge is 0.288 e. The molecule has 0 radical (unpaired) electrons. The molecule has 2 atom stereocenters. The predicted octanol–water partition coefficient (Wildman–Crippen LogP) is 13.0. The molecule has 4 aromatic carbocycles. The number of likely N-dealkylation sites (tertiary alicyclic amines) is 1. The number of rotatable bonds is 18. The van der Waals surface area contributed by atoms with Gasteiger partial charge in [0.05, 0.1) is 61.3 Å². The number of anilines is 3. The molecule has 26 heteroatoms. The first-order chi connectivity index (χ1) is 50.2. The summed E-state index contributed by atoms with van der Waals surface area (Å²) in [6.45, 7) is 21.7. The van der Waals surface area contributed by atoms with E-state index in [0.29, 0.717) is 115 Å². The second kappa shape index (κ2) is 29.3. The second-order valence-electron chi connectivity index (χ2n) is 26.8. The highest BCUT2D eigenvalue weighted by Gasteiger charge is 2.27.